The van der Waals surface area contributed by atoms with Gasteiger partial charge >= 0.3 is 6.03 Å². The van der Waals surface area contributed by atoms with Crippen molar-refractivity contribution in [2.75, 3.05) is 18.4 Å². The highest BCUT2D eigenvalue weighted by atomic mass is 16.2. The fraction of sp³-hybridized carbons (Fsp3) is 0.462. The third-order valence-corrected chi connectivity index (χ3v) is 2.94. The standard InChI is InChI=1S/C13H19N3O/c1-10-4-6-11(7-5-10)15-13(17)16-12-3-2-8-14-9-12/h4-7,12,14H,2-3,8-9H2,1H3,(H2,15,16,17). The number of hydrogen-bond acceptors (Lipinski definition) is 2. The summed E-state index contributed by atoms with van der Waals surface area (Å²) < 4.78 is 0. The molecule has 0 saturated carbocycles. The number of carbonyl (C=O) groups excluding carboxylic acids is 1. The summed E-state index contributed by atoms with van der Waals surface area (Å²) in [5.74, 6) is 0. The van der Waals surface area contributed by atoms with Crippen molar-refractivity contribution in [3.8, 4) is 0 Å². The number of benzene rings is 1. The Morgan fingerprint density at radius 2 is 2.12 bits per heavy atom. The summed E-state index contributed by atoms with van der Waals surface area (Å²) in [5.41, 5.74) is 2.02. The first-order valence-corrected chi connectivity index (χ1v) is 6.09. The van der Waals surface area contributed by atoms with Crippen LogP contribution in [0.15, 0.2) is 24.3 Å². The average molecular weight is 233 g/mol. The largest absolute Gasteiger partial charge is 0.334 e. The third-order valence-electron chi connectivity index (χ3n) is 2.94. The van der Waals surface area contributed by atoms with E-state index in [0.717, 1.165) is 31.6 Å². The fourth-order valence-corrected chi connectivity index (χ4v) is 1.96. The highest BCUT2D eigenvalue weighted by Gasteiger charge is 2.14. The second kappa shape index (κ2) is 5.68. The van der Waals surface area contributed by atoms with Crippen molar-refractivity contribution < 1.29 is 4.79 Å². The van der Waals surface area contributed by atoms with E-state index in [2.05, 4.69) is 16.0 Å². The van der Waals surface area contributed by atoms with Crippen LogP contribution in [0.4, 0.5) is 10.5 Å². The van der Waals surface area contributed by atoms with Crippen LogP contribution in [0.2, 0.25) is 0 Å². The normalized spacial score (nSPS) is 19.7. The second-order valence-corrected chi connectivity index (χ2v) is 4.51. The summed E-state index contributed by atoms with van der Waals surface area (Å²) in [6.07, 6.45) is 2.17. The van der Waals surface area contributed by atoms with Gasteiger partial charge in [0.25, 0.3) is 0 Å². The zero-order valence-electron chi connectivity index (χ0n) is 10.1. The molecule has 1 aliphatic heterocycles. The molecule has 4 nitrogen and oxygen atoms in total. The molecule has 4 heteroatoms. The fourth-order valence-electron chi connectivity index (χ4n) is 1.96. The predicted molar refractivity (Wildman–Crippen MR) is 69.2 cm³/mol. The van der Waals surface area contributed by atoms with E-state index >= 15 is 0 Å². The maximum atomic E-state index is 11.7. The van der Waals surface area contributed by atoms with Crippen LogP contribution in [0, 0.1) is 6.92 Å². The lowest BCUT2D eigenvalue weighted by molar-refractivity contribution is 0.245. The van der Waals surface area contributed by atoms with Gasteiger partial charge in [0, 0.05) is 18.3 Å². The van der Waals surface area contributed by atoms with Crippen molar-refractivity contribution in [3.05, 3.63) is 29.8 Å². The van der Waals surface area contributed by atoms with Gasteiger partial charge in [-0.2, -0.15) is 0 Å². The van der Waals surface area contributed by atoms with E-state index in [4.69, 9.17) is 0 Å². The predicted octanol–water partition coefficient (Wildman–Crippen LogP) is 1.87. The van der Waals surface area contributed by atoms with Crippen molar-refractivity contribution in [1.29, 1.82) is 0 Å². The summed E-state index contributed by atoms with van der Waals surface area (Å²) in [7, 11) is 0. The minimum absolute atomic E-state index is 0.123. The summed E-state index contributed by atoms with van der Waals surface area (Å²) in [6.45, 7) is 3.94. The SMILES string of the molecule is Cc1ccc(NC(=O)NC2CCCNC2)cc1. The molecular formula is C13H19N3O. The van der Waals surface area contributed by atoms with E-state index in [-0.39, 0.29) is 12.1 Å². The number of rotatable bonds is 2. The minimum atomic E-state index is -0.123. The van der Waals surface area contributed by atoms with Gasteiger partial charge in [-0.1, -0.05) is 17.7 Å². The van der Waals surface area contributed by atoms with Gasteiger partial charge in [0.05, 0.1) is 0 Å². The number of anilines is 1. The Bertz CT molecular complexity index is 369. The van der Waals surface area contributed by atoms with Crippen LogP contribution in [-0.2, 0) is 0 Å². The number of carbonyl (C=O) groups is 1. The number of amides is 2. The first kappa shape index (κ1) is 11.9. The molecule has 1 aliphatic rings. The molecule has 2 amide bonds. The highest BCUT2D eigenvalue weighted by molar-refractivity contribution is 5.89. The first-order valence-electron chi connectivity index (χ1n) is 6.09. The van der Waals surface area contributed by atoms with Gasteiger partial charge in [0.15, 0.2) is 0 Å². The molecular weight excluding hydrogens is 214 g/mol. The van der Waals surface area contributed by atoms with Gasteiger partial charge in [-0.15, -0.1) is 0 Å². The van der Waals surface area contributed by atoms with Gasteiger partial charge in [0.2, 0.25) is 0 Å². The number of nitrogens with one attached hydrogen (secondary N) is 3. The molecule has 3 N–H and O–H groups in total. The smallest absolute Gasteiger partial charge is 0.319 e. The van der Waals surface area contributed by atoms with Crippen LogP contribution in [-0.4, -0.2) is 25.2 Å². The zero-order valence-corrected chi connectivity index (χ0v) is 10.1. The van der Waals surface area contributed by atoms with Crippen molar-refractivity contribution >= 4 is 11.7 Å². The topological polar surface area (TPSA) is 53.2 Å². The Kier molecular flexibility index (Phi) is 3.98. The number of urea groups is 1. The highest BCUT2D eigenvalue weighted by Crippen LogP contribution is 2.08. The molecule has 0 spiro atoms. The molecule has 1 saturated heterocycles. The van der Waals surface area contributed by atoms with Crippen molar-refractivity contribution in [2.45, 2.75) is 25.8 Å². The molecule has 2 rings (SSSR count). The molecule has 1 unspecified atom stereocenters. The Morgan fingerprint density at radius 1 is 1.35 bits per heavy atom. The number of piperidine rings is 1. The first-order chi connectivity index (χ1) is 8.24. The molecule has 1 aromatic carbocycles. The summed E-state index contributed by atoms with van der Waals surface area (Å²) >= 11 is 0. The van der Waals surface area contributed by atoms with Crippen LogP contribution in [0.25, 0.3) is 0 Å². The molecule has 1 heterocycles. The van der Waals surface area contributed by atoms with E-state index in [0.29, 0.717) is 0 Å². The Morgan fingerprint density at radius 3 is 2.76 bits per heavy atom. The molecule has 1 atom stereocenters. The van der Waals surface area contributed by atoms with Crippen molar-refractivity contribution in [3.63, 3.8) is 0 Å². The monoisotopic (exact) mass is 233 g/mol. The lowest BCUT2D eigenvalue weighted by atomic mass is 10.1. The number of hydrogen-bond donors (Lipinski definition) is 3. The quantitative estimate of drug-likeness (QED) is 0.730. The van der Waals surface area contributed by atoms with Crippen LogP contribution >= 0.6 is 0 Å². The average Bonchev–Trinajstić information content (AvgIpc) is 2.33. The lowest BCUT2D eigenvalue weighted by Crippen LogP contribution is -2.47. The number of aryl methyl sites for hydroxylation is 1. The molecule has 1 aromatic rings. The van der Waals surface area contributed by atoms with Gasteiger partial charge in [-0.25, -0.2) is 4.79 Å². The molecule has 1 fully saturated rings. The van der Waals surface area contributed by atoms with E-state index < -0.39 is 0 Å². The minimum Gasteiger partial charge on any atom is -0.334 e. The Balaban J connectivity index is 1.82. The van der Waals surface area contributed by atoms with Crippen LogP contribution in [0.1, 0.15) is 18.4 Å². The van der Waals surface area contributed by atoms with Crippen LogP contribution in [0.5, 0.6) is 0 Å². The maximum absolute atomic E-state index is 11.7. The van der Waals surface area contributed by atoms with Crippen molar-refractivity contribution in [1.82, 2.24) is 10.6 Å². The molecule has 17 heavy (non-hydrogen) atoms. The van der Waals surface area contributed by atoms with Crippen LogP contribution in [0.3, 0.4) is 0 Å². The van der Waals surface area contributed by atoms with Crippen LogP contribution < -0.4 is 16.0 Å². The molecule has 0 aliphatic carbocycles. The van der Waals surface area contributed by atoms with Gasteiger partial charge in [0.1, 0.15) is 0 Å². The second-order valence-electron chi connectivity index (χ2n) is 4.51. The Hall–Kier alpha value is -1.55. The van der Waals surface area contributed by atoms with E-state index in [1.165, 1.54) is 5.56 Å². The maximum Gasteiger partial charge on any atom is 0.319 e. The molecule has 0 bridgehead atoms. The summed E-state index contributed by atoms with van der Waals surface area (Å²) in [6, 6.07) is 7.91. The Labute approximate surface area is 102 Å². The summed E-state index contributed by atoms with van der Waals surface area (Å²) in [4.78, 5) is 11.7. The van der Waals surface area contributed by atoms with E-state index in [1.807, 2.05) is 31.2 Å². The van der Waals surface area contributed by atoms with E-state index in [9.17, 15) is 4.79 Å². The molecule has 0 aromatic heterocycles. The van der Waals surface area contributed by atoms with Crippen molar-refractivity contribution in [2.24, 2.45) is 0 Å². The lowest BCUT2D eigenvalue weighted by Gasteiger charge is -2.23. The van der Waals surface area contributed by atoms with Gasteiger partial charge in [-0.05, 0) is 38.4 Å². The molecule has 92 valence electrons. The third kappa shape index (κ3) is 3.75. The molecule has 0 radical (unpaired) electrons. The summed E-state index contributed by atoms with van der Waals surface area (Å²) in [5, 5.41) is 9.08. The van der Waals surface area contributed by atoms with Gasteiger partial charge < -0.3 is 16.0 Å². The van der Waals surface area contributed by atoms with E-state index in [1.54, 1.807) is 0 Å². The zero-order chi connectivity index (χ0) is 12.1. The van der Waals surface area contributed by atoms with Gasteiger partial charge in [-0.3, -0.25) is 0 Å².